The molecule has 0 unspecified atom stereocenters. The second kappa shape index (κ2) is 7.98. The standard InChI is InChI=1S/C19H18FN3OS/c1-23-17(14-7-3-2-4-8-14)12-22-19(23)25-13-18(24)21-11-15-9-5-6-10-16(15)20/h2-10,12H,11,13H2,1H3,(H,21,24). The molecule has 1 amide bonds. The van der Waals surface area contributed by atoms with Gasteiger partial charge in [0.05, 0.1) is 17.6 Å². The summed E-state index contributed by atoms with van der Waals surface area (Å²) >= 11 is 1.36. The van der Waals surface area contributed by atoms with Crippen molar-refractivity contribution < 1.29 is 9.18 Å². The molecule has 128 valence electrons. The van der Waals surface area contributed by atoms with E-state index in [4.69, 9.17) is 0 Å². The molecule has 0 aliphatic carbocycles. The van der Waals surface area contributed by atoms with Crippen LogP contribution in [0.2, 0.25) is 0 Å². The molecular formula is C19H18FN3OS. The van der Waals surface area contributed by atoms with Crippen molar-refractivity contribution in [2.45, 2.75) is 11.7 Å². The van der Waals surface area contributed by atoms with Crippen LogP contribution in [0.25, 0.3) is 11.3 Å². The smallest absolute Gasteiger partial charge is 0.230 e. The van der Waals surface area contributed by atoms with E-state index in [1.54, 1.807) is 24.4 Å². The Hall–Kier alpha value is -2.60. The first-order valence-corrected chi connectivity index (χ1v) is 8.84. The van der Waals surface area contributed by atoms with Gasteiger partial charge in [0.2, 0.25) is 5.91 Å². The molecular weight excluding hydrogens is 337 g/mol. The average Bonchev–Trinajstić information content (AvgIpc) is 3.00. The van der Waals surface area contributed by atoms with E-state index in [0.29, 0.717) is 5.56 Å². The first kappa shape index (κ1) is 17.2. The summed E-state index contributed by atoms with van der Waals surface area (Å²) in [5.41, 5.74) is 2.55. The van der Waals surface area contributed by atoms with Gasteiger partial charge in [-0.05, 0) is 11.6 Å². The fourth-order valence-corrected chi connectivity index (χ4v) is 3.20. The van der Waals surface area contributed by atoms with Gasteiger partial charge in [0.15, 0.2) is 5.16 Å². The second-order valence-electron chi connectivity index (χ2n) is 5.51. The molecule has 0 aliphatic heterocycles. The van der Waals surface area contributed by atoms with Gasteiger partial charge in [0.25, 0.3) is 0 Å². The number of carbonyl (C=O) groups is 1. The Kier molecular flexibility index (Phi) is 5.50. The molecule has 0 saturated heterocycles. The quantitative estimate of drug-likeness (QED) is 0.687. The number of halogens is 1. The van der Waals surface area contributed by atoms with Crippen molar-refractivity contribution >= 4 is 17.7 Å². The van der Waals surface area contributed by atoms with E-state index in [9.17, 15) is 9.18 Å². The number of nitrogens with zero attached hydrogens (tertiary/aromatic N) is 2. The van der Waals surface area contributed by atoms with E-state index < -0.39 is 0 Å². The number of rotatable bonds is 6. The Bertz CT molecular complexity index is 864. The number of hydrogen-bond donors (Lipinski definition) is 1. The summed E-state index contributed by atoms with van der Waals surface area (Å²) in [6, 6.07) is 16.4. The third-order valence-corrected chi connectivity index (χ3v) is 4.83. The number of amides is 1. The van der Waals surface area contributed by atoms with Gasteiger partial charge < -0.3 is 9.88 Å². The minimum absolute atomic E-state index is 0.155. The van der Waals surface area contributed by atoms with Crippen molar-refractivity contribution in [3.8, 4) is 11.3 Å². The van der Waals surface area contributed by atoms with Crippen LogP contribution in [0.3, 0.4) is 0 Å². The van der Waals surface area contributed by atoms with E-state index in [-0.39, 0.29) is 24.0 Å². The number of hydrogen-bond acceptors (Lipinski definition) is 3. The second-order valence-corrected chi connectivity index (χ2v) is 6.45. The molecule has 0 aliphatic rings. The van der Waals surface area contributed by atoms with Crippen molar-refractivity contribution in [2.75, 3.05) is 5.75 Å². The van der Waals surface area contributed by atoms with Crippen LogP contribution in [0.15, 0.2) is 66.0 Å². The van der Waals surface area contributed by atoms with Crippen molar-refractivity contribution in [2.24, 2.45) is 7.05 Å². The van der Waals surface area contributed by atoms with Crippen LogP contribution in [0, 0.1) is 5.82 Å². The molecule has 0 saturated carbocycles. The maximum absolute atomic E-state index is 13.5. The monoisotopic (exact) mass is 355 g/mol. The Balaban J connectivity index is 1.56. The summed E-state index contributed by atoms with van der Waals surface area (Å²) in [6.45, 7) is 0.182. The first-order valence-electron chi connectivity index (χ1n) is 7.85. The van der Waals surface area contributed by atoms with Gasteiger partial charge in [0.1, 0.15) is 5.82 Å². The molecule has 2 aromatic carbocycles. The first-order chi connectivity index (χ1) is 12.1. The fourth-order valence-electron chi connectivity index (χ4n) is 2.42. The van der Waals surface area contributed by atoms with Gasteiger partial charge in [-0.2, -0.15) is 0 Å². The predicted molar refractivity (Wildman–Crippen MR) is 97.6 cm³/mol. The predicted octanol–water partition coefficient (Wildman–Crippen LogP) is 3.63. The highest BCUT2D eigenvalue weighted by Crippen LogP contribution is 2.24. The van der Waals surface area contributed by atoms with Gasteiger partial charge in [-0.1, -0.05) is 60.3 Å². The molecule has 3 rings (SSSR count). The lowest BCUT2D eigenvalue weighted by Gasteiger charge is -2.07. The summed E-state index contributed by atoms with van der Waals surface area (Å²) in [6.07, 6.45) is 1.80. The van der Waals surface area contributed by atoms with Gasteiger partial charge in [-0.3, -0.25) is 4.79 Å². The van der Waals surface area contributed by atoms with Crippen LogP contribution < -0.4 is 5.32 Å². The minimum atomic E-state index is -0.313. The third-order valence-electron chi connectivity index (χ3n) is 3.78. The number of benzene rings is 2. The molecule has 0 fully saturated rings. The maximum Gasteiger partial charge on any atom is 0.230 e. The number of nitrogens with one attached hydrogen (secondary N) is 1. The Morgan fingerprint density at radius 2 is 1.88 bits per heavy atom. The molecule has 0 radical (unpaired) electrons. The van der Waals surface area contributed by atoms with Crippen molar-refractivity contribution in [1.82, 2.24) is 14.9 Å². The van der Waals surface area contributed by atoms with Crippen molar-refractivity contribution in [3.05, 3.63) is 72.2 Å². The molecule has 1 aromatic heterocycles. The molecule has 6 heteroatoms. The highest BCUT2D eigenvalue weighted by atomic mass is 32.2. The zero-order chi connectivity index (χ0) is 17.6. The number of carbonyl (C=O) groups excluding carboxylic acids is 1. The molecule has 0 atom stereocenters. The largest absolute Gasteiger partial charge is 0.351 e. The average molecular weight is 355 g/mol. The molecule has 0 spiro atoms. The van der Waals surface area contributed by atoms with Crippen molar-refractivity contribution in [3.63, 3.8) is 0 Å². The summed E-state index contributed by atoms with van der Waals surface area (Å²) in [7, 11) is 1.93. The molecule has 1 heterocycles. The van der Waals surface area contributed by atoms with Crippen molar-refractivity contribution in [1.29, 1.82) is 0 Å². The molecule has 4 nitrogen and oxygen atoms in total. The van der Waals surface area contributed by atoms with Gasteiger partial charge in [-0.25, -0.2) is 9.37 Å². The molecule has 0 bridgehead atoms. The van der Waals surface area contributed by atoms with Crippen LogP contribution in [0.5, 0.6) is 0 Å². The lowest BCUT2D eigenvalue weighted by Crippen LogP contribution is -2.25. The summed E-state index contributed by atoms with van der Waals surface area (Å²) < 4.78 is 15.5. The Labute approximate surface area is 150 Å². The van der Waals surface area contributed by atoms with E-state index in [2.05, 4.69) is 10.3 Å². The topological polar surface area (TPSA) is 46.9 Å². The zero-order valence-electron chi connectivity index (χ0n) is 13.8. The number of aromatic nitrogens is 2. The summed E-state index contributed by atoms with van der Waals surface area (Å²) in [5.74, 6) is -0.238. The van der Waals surface area contributed by atoms with Crippen LogP contribution >= 0.6 is 11.8 Å². The van der Waals surface area contributed by atoms with Crippen LogP contribution in [-0.2, 0) is 18.4 Å². The van der Waals surface area contributed by atoms with E-state index in [1.807, 2.05) is 41.9 Å². The maximum atomic E-state index is 13.5. The molecule has 3 aromatic rings. The zero-order valence-corrected chi connectivity index (χ0v) is 14.6. The van der Waals surface area contributed by atoms with Gasteiger partial charge in [-0.15, -0.1) is 0 Å². The highest BCUT2D eigenvalue weighted by Gasteiger charge is 2.11. The molecule has 1 N–H and O–H groups in total. The van der Waals surface area contributed by atoms with E-state index >= 15 is 0 Å². The van der Waals surface area contributed by atoms with Gasteiger partial charge in [0, 0.05) is 19.2 Å². The van der Waals surface area contributed by atoms with Crippen LogP contribution in [0.4, 0.5) is 4.39 Å². The van der Waals surface area contributed by atoms with Crippen LogP contribution in [0.1, 0.15) is 5.56 Å². The summed E-state index contributed by atoms with van der Waals surface area (Å²) in [4.78, 5) is 16.4. The highest BCUT2D eigenvalue weighted by molar-refractivity contribution is 7.99. The van der Waals surface area contributed by atoms with Crippen LogP contribution in [-0.4, -0.2) is 21.2 Å². The van der Waals surface area contributed by atoms with E-state index in [0.717, 1.165) is 16.4 Å². The SMILES string of the molecule is Cn1c(-c2ccccc2)cnc1SCC(=O)NCc1ccccc1F. The molecule has 25 heavy (non-hydrogen) atoms. The Morgan fingerprint density at radius 1 is 1.16 bits per heavy atom. The number of imidazole rings is 1. The Morgan fingerprint density at radius 3 is 2.64 bits per heavy atom. The van der Waals surface area contributed by atoms with E-state index in [1.165, 1.54) is 17.8 Å². The fraction of sp³-hybridized carbons (Fsp3) is 0.158. The van der Waals surface area contributed by atoms with Gasteiger partial charge >= 0.3 is 0 Å². The lowest BCUT2D eigenvalue weighted by molar-refractivity contribution is -0.118. The third kappa shape index (κ3) is 4.28. The lowest BCUT2D eigenvalue weighted by atomic mass is 10.2. The minimum Gasteiger partial charge on any atom is -0.351 e. The normalized spacial score (nSPS) is 10.6. The number of thioether (sulfide) groups is 1. The summed E-state index contributed by atoms with van der Waals surface area (Å²) in [5, 5.41) is 3.49.